The van der Waals surface area contributed by atoms with Crippen molar-refractivity contribution in [1.82, 2.24) is 0 Å². The van der Waals surface area contributed by atoms with E-state index in [0.29, 0.717) is 79.6 Å². The number of aliphatic hydroxyl groups is 1. The van der Waals surface area contributed by atoms with Gasteiger partial charge in [-0.2, -0.15) is 0 Å². The number of methoxy groups -OCH3 is 8. The molecule has 24 heteroatoms. The van der Waals surface area contributed by atoms with Crippen LogP contribution in [-0.2, 0) is 33.4 Å². The number of aromatic hydroxyl groups is 8. The van der Waals surface area contributed by atoms with Crippen LogP contribution in [0.1, 0.15) is 69.6 Å². The van der Waals surface area contributed by atoms with Crippen LogP contribution in [0, 0.1) is 0 Å². The predicted molar refractivity (Wildman–Crippen MR) is 405 cm³/mol. The van der Waals surface area contributed by atoms with Crippen molar-refractivity contribution in [3.05, 3.63) is 262 Å². The summed E-state index contributed by atoms with van der Waals surface area (Å²) in [7, 11) is 11.6. The normalized spacial score (nSPS) is 14.2. The zero-order valence-corrected chi connectivity index (χ0v) is 59.9. The van der Waals surface area contributed by atoms with Crippen molar-refractivity contribution >= 4 is 65.4 Å². The molecule has 0 radical (unpaired) electrons. The van der Waals surface area contributed by atoms with E-state index in [9.17, 15) is 69.9 Å². The number of hydrogen-bond donors (Lipinski definition) is 9. The summed E-state index contributed by atoms with van der Waals surface area (Å²) in [6, 6.07) is 38.2. The van der Waals surface area contributed by atoms with Gasteiger partial charge in [0.05, 0.1) is 76.3 Å². The maximum atomic E-state index is 12.5. The number of allylic oxidation sites excluding steroid dienone is 7. The SMILES string of the molecule is COc1cc(/C=C/C2=CC(=O)C(c3ccc(O)c(OC)c3)OC2)ccc1O.COc1cc(/C=C/C2=CC(=O)CC(c3ccc(O)c(OC)c3)O2)ccc1O.COc1cc(/C=C\C(=O)/C=C(O)/C=C/c2ccc(O)c(OC)c2)ccc1O.COc1cc(/C=C\C(=O)CC(=O)/C=C/c2ccc(O)c(OC)c2)ccc1O. The van der Waals surface area contributed by atoms with Crippen LogP contribution in [0.25, 0.3) is 36.5 Å². The second-order valence-electron chi connectivity index (χ2n) is 23.2. The van der Waals surface area contributed by atoms with Crippen LogP contribution in [0.3, 0.4) is 0 Å². The summed E-state index contributed by atoms with van der Waals surface area (Å²) in [4.78, 5) is 60.3. The summed E-state index contributed by atoms with van der Waals surface area (Å²) in [5.74, 6) is 1.62. The average molecular weight is 1470 g/mol. The molecule has 2 aliphatic rings. The van der Waals surface area contributed by atoms with E-state index in [1.54, 1.807) is 152 Å². The fourth-order valence-corrected chi connectivity index (χ4v) is 10.0. The summed E-state index contributed by atoms with van der Waals surface area (Å²) < 4.78 is 52.0. The summed E-state index contributed by atoms with van der Waals surface area (Å²) in [6.45, 7) is 0.269. The van der Waals surface area contributed by atoms with Gasteiger partial charge in [0.15, 0.2) is 121 Å². The topological polar surface area (TPSA) is 360 Å². The van der Waals surface area contributed by atoms with Crippen LogP contribution in [-0.4, -0.2) is 138 Å². The van der Waals surface area contributed by atoms with Crippen LogP contribution in [0.15, 0.2) is 217 Å². The van der Waals surface area contributed by atoms with Crippen molar-refractivity contribution in [1.29, 1.82) is 0 Å². The first kappa shape index (κ1) is 81.4. The van der Waals surface area contributed by atoms with Crippen molar-refractivity contribution < 1.29 is 117 Å². The Hall–Kier alpha value is -13.9. The maximum absolute atomic E-state index is 12.5. The molecule has 10 rings (SSSR count). The zero-order chi connectivity index (χ0) is 78.4. The predicted octanol–water partition coefficient (Wildman–Crippen LogP) is 14.4. The van der Waals surface area contributed by atoms with Crippen molar-refractivity contribution in [2.24, 2.45) is 0 Å². The van der Waals surface area contributed by atoms with Gasteiger partial charge in [-0.05, 0) is 184 Å². The smallest absolute Gasteiger partial charge is 0.189 e. The van der Waals surface area contributed by atoms with E-state index in [4.69, 9.17) is 47.4 Å². The van der Waals surface area contributed by atoms with Gasteiger partial charge in [-0.1, -0.05) is 91.1 Å². The number of phenols is 8. The van der Waals surface area contributed by atoms with Crippen molar-refractivity contribution in [2.75, 3.05) is 63.5 Å². The second-order valence-corrected chi connectivity index (χ2v) is 23.2. The molecule has 24 nitrogen and oxygen atoms in total. The molecule has 560 valence electrons. The summed E-state index contributed by atoms with van der Waals surface area (Å²) in [5, 5.41) is 86.7. The lowest BCUT2D eigenvalue weighted by Gasteiger charge is -2.23. The molecule has 2 aliphatic heterocycles. The molecule has 0 bridgehead atoms. The molecular formula is C84H80O24. The van der Waals surface area contributed by atoms with E-state index >= 15 is 0 Å². The van der Waals surface area contributed by atoms with Gasteiger partial charge in [-0.15, -0.1) is 0 Å². The van der Waals surface area contributed by atoms with E-state index in [1.807, 2.05) is 6.08 Å². The van der Waals surface area contributed by atoms with Crippen LogP contribution in [0.4, 0.5) is 0 Å². The molecule has 0 spiro atoms. The van der Waals surface area contributed by atoms with Gasteiger partial charge in [0.2, 0.25) is 0 Å². The first-order chi connectivity index (χ1) is 51.9. The van der Waals surface area contributed by atoms with E-state index in [-0.39, 0.29) is 94.3 Å². The summed E-state index contributed by atoms with van der Waals surface area (Å²) in [6.07, 6.45) is 21.3. The monoisotopic (exact) mass is 1470 g/mol. The molecular weight excluding hydrogens is 1390 g/mol. The number of rotatable bonds is 25. The standard InChI is InChI=1S/4C21H20O6/c1-25-20-9-13(4-7-17(20)23)3-6-16-11-15(22)12-19(27-16)14-5-8-18(24)21(10-14)26-2;1-25-19-10-13(5-7-16(19)22)3-4-14-9-18(24)21(27-12-14)15-6-8-17(23)20(11-15)26-2;2*1-26-20-11-14(5-9-18(20)24)3-7-16(22)13-17(23)8-4-15-6-10-19(25)21(12-15)27-2/h3-11,19,23-24H,12H2,1-2H3;3-11,21-23H,12H2,1-2H3;3-12,24-25H,13H2,1-2H3;3-13,22,24-25H,1-2H3/b6-3+;4-3+;7-3-,8-4+;7-3+,8-4-,16-13-. The Morgan fingerprint density at radius 1 is 0.389 bits per heavy atom. The number of ketones is 5. The minimum Gasteiger partial charge on any atom is -0.508 e. The first-order valence-electron chi connectivity index (χ1n) is 32.7. The first-order valence-corrected chi connectivity index (χ1v) is 32.7. The third kappa shape index (κ3) is 24.4. The molecule has 2 unspecified atom stereocenters. The van der Waals surface area contributed by atoms with E-state index in [1.165, 1.54) is 130 Å². The van der Waals surface area contributed by atoms with Crippen molar-refractivity contribution in [3.8, 4) is 92.0 Å². The number of hydrogen-bond acceptors (Lipinski definition) is 24. The minimum absolute atomic E-state index is 0.00662. The van der Waals surface area contributed by atoms with E-state index in [0.717, 1.165) is 28.3 Å². The minimum atomic E-state index is -0.731. The Labute approximate surface area is 622 Å². The highest BCUT2D eigenvalue weighted by Gasteiger charge is 2.26. The third-order valence-corrected chi connectivity index (χ3v) is 15.7. The summed E-state index contributed by atoms with van der Waals surface area (Å²) in [5.41, 5.74) is 6.38. The molecule has 0 saturated carbocycles. The number of ether oxygens (including phenoxy) is 10. The number of benzene rings is 8. The Balaban J connectivity index is 0.000000201. The lowest BCUT2D eigenvalue weighted by Crippen LogP contribution is -2.20. The number of aliphatic hydroxyl groups excluding tert-OH is 1. The second kappa shape index (κ2) is 40.3. The van der Waals surface area contributed by atoms with Gasteiger partial charge in [0.25, 0.3) is 0 Å². The Bertz CT molecular complexity index is 4760. The quantitative estimate of drug-likeness (QED) is 0.0111. The molecule has 8 aromatic carbocycles. The molecule has 108 heavy (non-hydrogen) atoms. The Kier molecular flexibility index (Phi) is 30.4. The van der Waals surface area contributed by atoms with Gasteiger partial charge in [0, 0.05) is 12.2 Å². The lowest BCUT2D eigenvalue weighted by molar-refractivity contribution is -0.127. The lowest BCUT2D eigenvalue weighted by atomic mass is 10.00. The molecule has 8 aromatic rings. The molecule has 2 atom stereocenters. The van der Waals surface area contributed by atoms with Gasteiger partial charge in [-0.3, -0.25) is 24.0 Å². The third-order valence-electron chi connectivity index (χ3n) is 15.7. The molecule has 0 aliphatic carbocycles. The van der Waals surface area contributed by atoms with Crippen molar-refractivity contribution in [2.45, 2.75) is 25.0 Å². The fraction of sp³-hybridized carbons (Fsp3) is 0.155. The van der Waals surface area contributed by atoms with E-state index in [2.05, 4.69) is 0 Å². The maximum Gasteiger partial charge on any atom is 0.189 e. The highest BCUT2D eigenvalue weighted by atomic mass is 16.5. The molecule has 2 heterocycles. The molecule has 9 N–H and O–H groups in total. The van der Waals surface area contributed by atoms with Gasteiger partial charge in [0.1, 0.15) is 23.7 Å². The number of carbonyl (C=O) groups is 5. The Morgan fingerprint density at radius 3 is 1.09 bits per heavy atom. The Morgan fingerprint density at radius 2 is 0.713 bits per heavy atom. The molecule has 0 saturated heterocycles. The van der Waals surface area contributed by atoms with Crippen molar-refractivity contribution in [3.63, 3.8) is 0 Å². The van der Waals surface area contributed by atoms with Gasteiger partial charge < -0.3 is 93.3 Å². The van der Waals surface area contributed by atoms with Crippen LogP contribution in [0.2, 0.25) is 0 Å². The molecule has 0 aromatic heterocycles. The molecule has 0 amide bonds. The number of carbonyl (C=O) groups excluding carboxylic acids is 5. The zero-order valence-electron chi connectivity index (χ0n) is 59.9. The molecule has 0 fully saturated rings. The van der Waals surface area contributed by atoms with Crippen LogP contribution >= 0.6 is 0 Å². The highest BCUT2D eigenvalue weighted by molar-refractivity contribution is 6.11. The van der Waals surface area contributed by atoms with E-state index < -0.39 is 18.0 Å². The van der Waals surface area contributed by atoms with Gasteiger partial charge in [-0.25, -0.2) is 0 Å². The van der Waals surface area contributed by atoms with Crippen LogP contribution < -0.4 is 37.9 Å². The van der Waals surface area contributed by atoms with Gasteiger partial charge >= 0.3 is 0 Å². The average Bonchev–Trinajstić information content (AvgIpc) is 0.823. The van der Waals surface area contributed by atoms with Crippen LogP contribution in [0.5, 0.6) is 92.0 Å². The fourth-order valence-electron chi connectivity index (χ4n) is 10.0. The summed E-state index contributed by atoms with van der Waals surface area (Å²) >= 11 is 0. The largest absolute Gasteiger partial charge is 0.508 e. The number of phenolic OH excluding ortho intramolecular Hbond substituents is 8. The highest BCUT2D eigenvalue weighted by Crippen LogP contribution is 2.38.